The highest BCUT2D eigenvalue weighted by Gasteiger charge is 2.39. The highest BCUT2D eigenvalue weighted by Crippen LogP contribution is 2.45. The molecule has 3 rings (SSSR count). The quantitative estimate of drug-likeness (QED) is 0.775. The zero-order valence-electron chi connectivity index (χ0n) is 8.61. The lowest BCUT2D eigenvalue weighted by Gasteiger charge is -2.22. The third kappa shape index (κ3) is 1.31. The van der Waals surface area contributed by atoms with Gasteiger partial charge in [-0.2, -0.15) is 5.10 Å². The Morgan fingerprint density at radius 1 is 1.43 bits per heavy atom. The molecule has 76 valence electrons. The van der Waals surface area contributed by atoms with Crippen LogP contribution in [0.1, 0.15) is 25.7 Å². The maximum atomic E-state index is 4.17. The van der Waals surface area contributed by atoms with Gasteiger partial charge in [-0.1, -0.05) is 6.42 Å². The summed E-state index contributed by atoms with van der Waals surface area (Å²) >= 11 is 0. The molecule has 3 nitrogen and oxygen atoms in total. The van der Waals surface area contributed by atoms with Crippen LogP contribution in [0, 0.1) is 11.8 Å². The summed E-state index contributed by atoms with van der Waals surface area (Å²) in [5, 5.41) is 7.78. The van der Waals surface area contributed by atoms with Crippen LogP contribution in [0.5, 0.6) is 0 Å². The van der Waals surface area contributed by atoms with Crippen molar-refractivity contribution in [2.45, 2.75) is 31.7 Å². The van der Waals surface area contributed by atoms with Gasteiger partial charge in [0.15, 0.2) is 0 Å². The molecule has 3 heteroatoms. The molecule has 0 radical (unpaired) electrons. The van der Waals surface area contributed by atoms with Crippen molar-refractivity contribution in [2.24, 2.45) is 18.9 Å². The van der Waals surface area contributed by atoms with Crippen molar-refractivity contribution >= 4 is 5.69 Å². The van der Waals surface area contributed by atoms with Crippen molar-refractivity contribution in [3.63, 3.8) is 0 Å². The van der Waals surface area contributed by atoms with Gasteiger partial charge in [-0.15, -0.1) is 0 Å². The second-order valence-corrected chi connectivity index (χ2v) is 4.83. The molecular formula is C11H17N3. The predicted octanol–water partition coefficient (Wildman–Crippen LogP) is 2.02. The molecule has 2 fully saturated rings. The smallest absolute Gasteiger partial charge is 0.0728 e. The average Bonchev–Trinajstić information content (AvgIpc) is 2.82. The third-order valence-corrected chi connectivity index (χ3v) is 3.80. The van der Waals surface area contributed by atoms with Crippen molar-refractivity contribution in [1.82, 2.24) is 9.78 Å². The minimum atomic E-state index is 0.720. The fourth-order valence-electron chi connectivity index (χ4n) is 3.13. The van der Waals surface area contributed by atoms with E-state index in [4.69, 9.17) is 0 Å². The van der Waals surface area contributed by atoms with Gasteiger partial charge in [0.1, 0.15) is 0 Å². The van der Waals surface area contributed by atoms with Gasteiger partial charge in [-0.3, -0.25) is 4.68 Å². The van der Waals surface area contributed by atoms with Crippen molar-refractivity contribution in [3.8, 4) is 0 Å². The highest BCUT2D eigenvalue weighted by molar-refractivity contribution is 5.40. The molecule has 2 aliphatic rings. The fraction of sp³-hybridized carbons (Fsp3) is 0.727. The Labute approximate surface area is 84.5 Å². The number of hydrogen-bond acceptors (Lipinski definition) is 2. The molecule has 0 amide bonds. The molecule has 1 N–H and O–H groups in total. The van der Waals surface area contributed by atoms with Crippen LogP contribution in [0.2, 0.25) is 0 Å². The van der Waals surface area contributed by atoms with E-state index in [9.17, 15) is 0 Å². The van der Waals surface area contributed by atoms with E-state index < -0.39 is 0 Å². The molecule has 1 aromatic rings. The van der Waals surface area contributed by atoms with Crippen LogP contribution in [0.4, 0.5) is 5.69 Å². The first-order valence-electron chi connectivity index (χ1n) is 5.56. The number of nitrogens with one attached hydrogen (secondary N) is 1. The maximum absolute atomic E-state index is 4.17. The van der Waals surface area contributed by atoms with E-state index in [1.54, 1.807) is 0 Å². The number of nitrogens with zero attached hydrogens (tertiary/aromatic N) is 2. The maximum Gasteiger partial charge on any atom is 0.0728 e. The van der Waals surface area contributed by atoms with E-state index in [2.05, 4.69) is 16.6 Å². The Bertz CT molecular complexity index is 331. The number of anilines is 1. The second-order valence-electron chi connectivity index (χ2n) is 4.83. The van der Waals surface area contributed by atoms with E-state index in [0.29, 0.717) is 0 Å². The van der Waals surface area contributed by atoms with E-state index in [0.717, 1.165) is 17.9 Å². The summed E-state index contributed by atoms with van der Waals surface area (Å²) in [6.07, 6.45) is 9.72. The summed E-state index contributed by atoms with van der Waals surface area (Å²) in [6, 6.07) is 0.720. The SMILES string of the molecule is Cn1cc(N[C@@H]2C[C@H]3CC[C@@H]2C3)cn1. The Morgan fingerprint density at radius 2 is 2.36 bits per heavy atom. The number of aryl methyl sites for hydroxylation is 1. The summed E-state index contributed by atoms with van der Waals surface area (Å²) in [4.78, 5) is 0. The molecule has 2 bridgehead atoms. The van der Waals surface area contributed by atoms with Gasteiger partial charge in [-0.05, 0) is 31.1 Å². The van der Waals surface area contributed by atoms with Crippen molar-refractivity contribution in [3.05, 3.63) is 12.4 Å². The molecule has 1 aromatic heterocycles. The standard InChI is InChI=1S/C11H17N3/c1-14-7-10(6-12-14)13-11-5-8-2-3-9(11)4-8/h6-9,11,13H,2-5H2,1H3/t8-,9+,11+/m0/s1. The zero-order chi connectivity index (χ0) is 9.54. The molecule has 0 aliphatic heterocycles. The van der Waals surface area contributed by atoms with Crippen LogP contribution in [0.3, 0.4) is 0 Å². The van der Waals surface area contributed by atoms with Gasteiger partial charge in [0.25, 0.3) is 0 Å². The van der Waals surface area contributed by atoms with Crippen molar-refractivity contribution in [2.75, 3.05) is 5.32 Å². The lowest BCUT2D eigenvalue weighted by Crippen LogP contribution is -2.25. The average molecular weight is 191 g/mol. The van der Waals surface area contributed by atoms with E-state index in [1.165, 1.54) is 31.4 Å². The topological polar surface area (TPSA) is 29.9 Å². The van der Waals surface area contributed by atoms with Crippen molar-refractivity contribution < 1.29 is 0 Å². The number of rotatable bonds is 2. The van der Waals surface area contributed by atoms with Gasteiger partial charge >= 0.3 is 0 Å². The summed E-state index contributed by atoms with van der Waals surface area (Å²) in [6.45, 7) is 0. The first kappa shape index (κ1) is 8.33. The minimum Gasteiger partial charge on any atom is -0.379 e. The summed E-state index contributed by atoms with van der Waals surface area (Å²) in [5.41, 5.74) is 1.19. The fourth-order valence-corrected chi connectivity index (χ4v) is 3.13. The molecular weight excluding hydrogens is 174 g/mol. The minimum absolute atomic E-state index is 0.720. The second kappa shape index (κ2) is 3.01. The Hall–Kier alpha value is -0.990. The van der Waals surface area contributed by atoms with Crippen LogP contribution in [0.25, 0.3) is 0 Å². The van der Waals surface area contributed by atoms with Crippen molar-refractivity contribution in [1.29, 1.82) is 0 Å². The van der Waals surface area contributed by atoms with E-state index in [-0.39, 0.29) is 0 Å². The Kier molecular flexibility index (Phi) is 1.79. The summed E-state index contributed by atoms with van der Waals surface area (Å²) in [7, 11) is 1.96. The lowest BCUT2D eigenvalue weighted by molar-refractivity contribution is 0.440. The summed E-state index contributed by atoms with van der Waals surface area (Å²) < 4.78 is 1.86. The van der Waals surface area contributed by atoms with Crippen LogP contribution in [-0.4, -0.2) is 15.8 Å². The van der Waals surface area contributed by atoms with E-state index in [1.807, 2.05) is 17.9 Å². The molecule has 2 aliphatic carbocycles. The van der Waals surface area contributed by atoms with Crippen LogP contribution in [0.15, 0.2) is 12.4 Å². The molecule has 14 heavy (non-hydrogen) atoms. The highest BCUT2D eigenvalue weighted by atomic mass is 15.3. The Morgan fingerprint density at radius 3 is 2.93 bits per heavy atom. The Balaban J connectivity index is 1.68. The molecule has 3 atom stereocenters. The molecule has 1 heterocycles. The van der Waals surface area contributed by atoms with Gasteiger partial charge in [-0.25, -0.2) is 0 Å². The van der Waals surface area contributed by atoms with Gasteiger partial charge in [0.2, 0.25) is 0 Å². The normalized spacial score (nSPS) is 35.1. The molecule has 0 saturated heterocycles. The molecule has 0 unspecified atom stereocenters. The molecule has 0 aromatic carbocycles. The predicted molar refractivity (Wildman–Crippen MR) is 56.1 cm³/mol. The van der Waals surface area contributed by atoms with Crippen LogP contribution in [-0.2, 0) is 7.05 Å². The first-order chi connectivity index (χ1) is 6.81. The van der Waals surface area contributed by atoms with Gasteiger partial charge < -0.3 is 5.32 Å². The number of hydrogen-bond donors (Lipinski definition) is 1. The summed E-state index contributed by atoms with van der Waals surface area (Å²) in [5.74, 6) is 1.94. The third-order valence-electron chi connectivity index (χ3n) is 3.80. The largest absolute Gasteiger partial charge is 0.379 e. The van der Waals surface area contributed by atoms with E-state index >= 15 is 0 Å². The number of fused-ring (bicyclic) bond motifs is 2. The number of aromatic nitrogens is 2. The monoisotopic (exact) mass is 191 g/mol. The van der Waals surface area contributed by atoms with Gasteiger partial charge in [0.05, 0.1) is 11.9 Å². The molecule has 0 spiro atoms. The first-order valence-corrected chi connectivity index (χ1v) is 5.56. The zero-order valence-corrected chi connectivity index (χ0v) is 8.61. The molecule has 2 saturated carbocycles. The van der Waals surface area contributed by atoms with Crippen LogP contribution < -0.4 is 5.32 Å². The van der Waals surface area contributed by atoms with Crippen LogP contribution >= 0.6 is 0 Å². The van der Waals surface area contributed by atoms with Gasteiger partial charge in [0, 0.05) is 19.3 Å². The lowest BCUT2D eigenvalue weighted by atomic mass is 9.95.